The molecule has 0 fully saturated rings. The van der Waals surface area contributed by atoms with Gasteiger partial charge in [0.2, 0.25) is 0 Å². The molecule has 0 amide bonds. The molecule has 0 unspecified atom stereocenters. The molecule has 0 bridgehead atoms. The first-order chi connectivity index (χ1) is 57.6. The lowest BCUT2D eigenvalue weighted by atomic mass is 9.83. The molecule has 570 valence electrons. The van der Waals surface area contributed by atoms with Crippen LogP contribution < -0.4 is 51.3 Å². The van der Waals surface area contributed by atoms with Crippen LogP contribution in [0, 0.1) is 41.5 Å². The first-order valence-electron chi connectivity index (χ1n) is 41.6. The van der Waals surface area contributed by atoms with E-state index < -0.39 is 16.1 Å². The zero-order valence-electron chi connectivity index (χ0n) is 68.5. The molecule has 0 saturated carbocycles. The summed E-state index contributed by atoms with van der Waals surface area (Å²) in [5, 5.41) is 22.1. The highest BCUT2D eigenvalue weighted by Gasteiger charge is 2.44. The monoisotopic (exact) mass is 1550 g/mol. The number of aryl methyl sites for hydroxylation is 6. The minimum Gasteiger partial charge on any atom is -0.454 e. The quantitative estimate of drug-likeness (QED) is 0.0487. The third-order valence-corrected chi connectivity index (χ3v) is 34.9. The molecular formula is C112H92N2O2Si2. The first kappa shape index (κ1) is 73.5. The van der Waals surface area contributed by atoms with E-state index in [-0.39, 0.29) is 11.8 Å². The Labute approximate surface area is 693 Å². The van der Waals surface area contributed by atoms with Crippen molar-refractivity contribution in [1.82, 2.24) is 0 Å². The summed E-state index contributed by atoms with van der Waals surface area (Å²) in [5.74, 6) is 0.224. The van der Waals surface area contributed by atoms with E-state index in [9.17, 15) is 0 Å². The van der Waals surface area contributed by atoms with E-state index >= 15 is 0 Å². The number of nitrogens with zero attached hydrogens (tertiary/aromatic N) is 2. The van der Waals surface area contributed by atoms with Crippen molar-refractivity contribution in [2.24, 2.45) is 0 Å². The fraction of sp³-hybridized carbons (Fsp3) is 0.107. The average Bonchev–Trinajstić information content (AvgIpc) is 0.721. The molecule has 0 atom stereocenters. The van der Waals surface area contributed by atoms with Gasteiger partial charge in [-0.05, 0) is 187 Å². The molecule has 0 aliphatic rings. The Hall–Kier alpha value is -13.4. The van der Waals surface area contributed by atoms with Gasteiger partial charge in [0.25, 0.3) is 0 Å². The second-order valence-electron chi connectivity index (χ2n) is 33.4. The van der Waals surface area contributed by atoms with Crippen LogP contribution in [0.1, 0.15) is 84.0 Å². The van der Waals surface area contributed by atoms with Gasteiger partial charge in [-0.25, -0.2) is 0 Å². The van der Waals surface area contributed by atoms with E-state index in [1.54, 1.807) is 0 Å². The molecule has 2 heterocycles. The number of hydrogen-bond donors (Lipinski definition) is 0. The Bertz CT molecular complexity index is 6580. The summed E-state index contributed by atoms with van der Waals surface area (Å²) in [6.45, 7) is 22.7. The van der Waals surface area contributed by atoms with Gasteiger partial charge in [-0.2, -0.15) is 0 Å². The molecule has 0 radical (unpaired) electrons. The van der Waals surface area contributed by atoms with Crippen LogP contribution in [0.3, 0.4) is 0 Å². The highest BCUT2D eigenvalue weighted by atomic mass is 28.3. The maximum Gasteiger partial charge on any atom is 0.179 e. The van der Waals surface area contributed by atoms with Gasteiger partial charge in [0.1, 0.15) is 11.2 Å². The smallest absolute Gasteiger partial charge is 0.179 e. The summed E-state index contributed by atoms with van der Waals surface area (Å²) in [5.41, 5.74) is 23.9. The van der Waals surface area contributed by atoms with Crippen LogP contribution in [-0.2, 0) is 0 Å². The topological polar surface area (TPSA) is 32.8 Å². The third kappa shape index (κ3) is 12.0. The van der Waals surface area contributed by atoms with Gasteiger partial charge in [-0.15, -0.1) is 0 Å². The summed E-state index contributed by atoms with van der Waals surface area (Å²) < 4.78 is 14.6. The van der Waals surface area contributed by atoms with Gasteiger partial charge >= 0.3 is 0 Å². The largest absolute Gasteiger partial charge is 0.454 e. The Morgan fingerprint density at radius 3 is 0.831 bits per heavy atom. The molecule has 6 heteroatoms. The second kappa shape index (κ2) is 29.4. The van der Waals surface area contributed by atoms with Crippen molar-refractivity contribution in [2.75, 3.05) is 9.80 Å². The minimum atomic E-state index is -3.05. The summed E-state index contributed by atoms with van der Waals surface area (Å²) >= 11 is 0. The van der Waals surface area contributed by atoms with Gasteiger partial charge in [-0.3, -0.25) is 0 Å². The van der Waals surface area contributed by atoms with Crippen LogP contribution in [0.15, 0.2) is 373 Å². The molecular weight excluding hydrogens is 1460 g/mol. The minimum absolute atomic E-state index is 0.112. The highest BCUT2D eigenvalue weighted by molar-refractivity contribution is 7.20. The number of hydrogen-bond acceptors (Lipinski definition) is 4. The van der Waals surface area contributed by atoms with E-state index in [2.05, 4.69) is 443 Å². The van der Waals surface area contributed by atoms with Crippen LogP contribution >= 0.6 is 0 Å². The zero-order chi connectivity index (χ0) is 80.2. The number of benzene rings is 18. The predicted molar refractivity (Wildman–Crippen MR) is 509 cm³/mol. The molecule has 20 rings (SSSR count). The normalized spacial score (nSPS) is 12.1. The summed E-state index contributed by atoms with van der Waals surface area (Å²) in [4.78, 5) is 5.12. The van der Waals surface area contributed by atoms with Crippen LogP contribution in [0.4, 0.5) is 34.1 Å². The molecule has 0 aliphatic heterocycles. The number of para-hydroxylation sites is 6. The third-order valence-electron chi connectivity index (χ3n) is 25.3. The molecule has 0 N–H and O–H groups in total. The first-order valence-corrected chi connectivity index (χ1v) is 45.6. The van der Waals surface area contributed by atoms with Crippen LogP contribution in [-0.4, -0.2) is 16.1 Å². The van der Waals surface area contributed by atoms with E-state index in [1.807, 2.05) is 0 Å². The number of fused-ring (bicyclic) bond motifs is 6. The average molecular weight is 1550 g/mol. The molecule has 0 spiro atoms. The maximum absolute atomic E-state index is 7.30. The molecule has 118 heavy (non-hydrogen) atoms. The standard InChI is InChI=1S/C112H92N2O2Si2/c1-71(2)99-69-105(113(103-35-21-31-95-91-29-13-17-37-107(91)115-111(95)103)101-33-15-11-27-89(101)79-23-19-25-87(67-79)117(81-51-39-73(5)40-52-81,82-53-41-74(6)42-54-82)83-55-43-75(7)44-56-83)97-66-64-94-100(72(3)4)70-106(98-65-63-93(99)109(97)110(94)98)114(104-36-22-32-96-92-30-14-18-38-108(92)116-112(96)104)102-34-16-12-28-90(102)80-24-20-26-88(68-80)118(84-57-45-76(8)46-58-84,85-59-47-77(9)48-60-85)86-61-49-78(10)50-62-86/h11-72H,1-10H3. The van der Waals surface area contributed by atoms with Crippen molar-refractivity contribution < 1.29 is 8.83 Å². The number of anilines is 6. The van der Waals surface area contributed by atoms with Crippen molar-refractivity contribution in [3.63, 3.8) is 0 Å². The highest BCUT2D eigenvalue weighted by Crippen LogP contribution is 2.55. The Morgan fingerprint density at radius 2 is 0.500 bits per heavy atom. The molecule has 0 saturated heterocycles. The van der Waals surface area contributed by atoms with E-state index in [1.165, 1.54) is 108 Å². The summed E-state index contributed by atoms with van der Waals surface area (Å²) in [6.07, 6.45) is 0. The zero-order valence-corrected chi connectivity index (χ0v) is 70.5. The molecule has 20 aromatic rings. The summed E-state index contributed by atoms with van der Waals surface area (Å²) in [6, 6.07) is 139. The Morgan fingerprint density at radius 1 is 0.220 bits per heavy atom. The van der Waals surface area contributed by atoms with Gasteiger partial charge < -0.3 is 18.6 Å². The van der Waals surface area contributed by atoms with Crippen molar-refractivity contribution in [3.05, 3.63) is 408 Å². The van der Waals surface area contributed by atoms with Crippen LogP contribution in [0.25, 0.3) is 98.4 Å². The molecule has 4 nitrogen and oxygen atoms in total. The Kier molecular flexibility index (Phi) is 18.3. The van der Waals surface area contributed by atoms with Gasteiger partial charge in [0.05, 0.1) is 34.1 Å². The maximum atomic E-state index is 7.30. The van der Waals surface area contributed by atoms with Gasteiger partial charge in [0.15, 0.2) is 27.3 Å². The summed E-state index contributed by atoms with van der Waals surface area (Å²) in [7, 11) is -6.10. The second-order valence-corrected chi connectivity index (χ2v) is 41.0. The molecule has 2 aromatic heterocycles. The lowest BCUT2D eigenvalue weighted by Gasteiger charge is -2.35. The van der Waals surface area contributed by atoms with E-state index in [0.29, 0.717) is 0 Å². The van der Waals surface area contributed by atoms with E-state index in [0.717, 1.165) is 111 Å². The van der Waals surface area contributed by atoms with E-state index in [4.69, 9.17) is 8.83 Å². The van der Waals surface area contributed by atoms with Crippen molar-refractivity contribution >= 4 is 168 Å². The SMILES string of the molecule is Cc1ccc([Si](c2ccc(C)cc2)(c2ccc(C)cc2)c2cccc(-c3ccccc3N(c3cc(C(C)C)c4ccc5c(N(c6ccccc6-c6cccc([Si](c7ccc(C)cc7)(c7ccc(C)cc7)c7ccc(C)cc7)c6)c6cccc7c6oc6ccccc67)cc(C(C)C)c6ccc3c4c65)c3cccc4c3oc3ccccc34)c2)cc1. The lowest BCUT2D eigenvalue weighted by molar-refractivity contribution is 0.669. The van der Waals surface area contributed by atoms with Crippen molar-refractivity contribution in [1.29, 1.82) is 0 Å². The molecule has 18 aromatic carbocycles. The molecule has 0 aliphatic carbocycles. The fourth-order valence-electron chi connectivity index (χ4n) is 19.4. The fourth-order valence-corrected chi connectivity index (χ4v) is 28.9. The van der Waals surface area contributed by atoms with Crippen LogP contribution in [0.2, 0.25) is 0 Å². The number of rotatable bonds is 18. The lowest BCUT2D eigenvalue weighted by Crippen LogP contribution is -2.74. The Balaban J connectivity index is 0.855. The van der Waals surface area contributed by atoms with Gasteiger partial charge in [-0.1, -0.05) is 377 Å². The predicted octanol–water partition coefficient (Wildman–Crippen LogP) is 25.5. The van der Waals surface area contributed by atoms with Crippen molar-refractivity contribution in [3.8, 4) is 22.3 Å². The van der Waals surface area contributed by atoms with Crippen molar-refractivity contribution in [2.45, 2.75) is 81.1 Å². The number of furan rings is 2. The van der Waals surface area contributed by atoms with Gasteiger partial charge in [0, 0.05) is 43.4 Å². The van der Waals surface area contributed by atoms with Crippen LogP contribution in [0.5, 0.6) is 0 Å².